The molecule has 5 heteroatoms. The zero-order chi connectivity index (χ0) is 13.0. The molecule has 1 amide bonds. The van der Waals surface area contributed by atoms with Crippen LogP contribution in [0.5, 0.6) is 0 Å². The third-order valence-corrected chi connectivity index (χ3v) is 3.23. The normalized spacial score (nSPS) is 26.8. The van der Waals surface area contributed by atoms with Gasteiger partial charge in [-0.25, -0.2) is 0 Å². The number of ether oxygens (including phenoxy) is 1. The average Bonchev–Trinajstić information content (AvgIpc) is 2.40. The summed E-state index contributed by atoms with van der Waals surface area (Å²) in [6.45, 7) is 6.48. The molecule has 2 atom stereocenters. The Morgan fingerprint density at radius 3 is 2.65 bits per heavy atom. The van der Waals surface area contributed by atoms with E-state index in [1.54, 1.807) is 11.9 Å². The van der Waals surface area contributed by atoms with E-state index in [1.807, 2.05) is 6.92 Å². The molecule has 1 rings (SSSR count). The summed E-state index contributed by atoms with van der Waals surface area (Å²) < 4.78 is 4.66. The fourth-order valence-electron chi connectivity index (χ4n) is 2.36. The van der Waals surface area contributed by atoms with Crippen molar-refractivity contribution in [1.29, 1.82) is 0 Å². The standard InChI is InChI=1S/C12H22N2O3/c1-5-14-8-9(2)7-13(3)12(16)10(14)6-11(15)17-4/h9-10H,5-8H2,1-4H3. The molecule has 0 saturated carbocycles. The van der Waals surface area contributed by atoms with Crippen LogP contribution < -0.4 is 0 Å². The molecule has 2 unspecified atom stereocenters. The molecule has 0 aromatic heterocycles. The molecule has 0 radical (unpaired) electrons. The number of esters is 1. The Labute approximate surface area is 103 Å². The van der Waals surface area contributed by atoms with Gasteiger partial charge in [-0.3, -0.25) is 14.5 Å². The number of carbonyl (C=O) groups is 2. The second-order valence-electron chi connectivity index (χ2n) is 4.71. The van der Waals surface area contributed by atoms with Crippen LogP contribution in [0.4, 0.5) is 0 Å². The molecular formula is C12H22N2O3. The Bertz CT molecular complexity index is 293. The Morgan fingerprint density at radius 1 is 1.47 bits per heavy atom. The SMILES string of the molecule is CCN1CC(C)CN(C)C(=O)C1CC(=O)OC. The summed E-state index contributed by atoms with van der Waals surface area (Å²) in [6, 6.07) is -0.373. The van der Waals surface area contributed by atoms with Crippen LogP contribution in [0, 0.1) is 5.92 Å². The lowest BCUT2D eigenvalue weighted by Gasteiger charge is -2.27. The molecule has 0 aliphatic carbocycles. The van der Waals surface area contributed by atoms with E-state index in [2.05, 4.69) is 16.6 Å². The molecule has 0 spiro atoms. The lowest BCUT2D eigenvalue weighted by molar-refractivity contribution is -0.146. The Kier molecular flexibility index (Phi) is 4.93. The van der Waals surface area contributed by atoms with Crippen LogP contribution in [-0.4, -0.2) is 61.5 Å². The predicted molar refractivity (Wildman–Crippen MR) is 64.5 cm³/mol. The van der Waals surface area contributed by atoms with Crippen molar-refractivity contribution in [2.75, 3.05) is 33.8 Å². The van der Waals surface area contributed by atoms with Crippen molar-refractivity contribution in [1.82, 2.24) is 9.80 Å². The van der Waals surface area contributed by atoms with E-state index >= 15 is 0 Å². The summed E-state index contributed by atoms with van der Waals surface area (Å²) >= 11 is 0. The van der Waals surface area contributed by atoms with Crippen LogP contribution in [0.15, 0.2) is 0 Å². The van der Waals surface area contributed by atoms with Crippen LogP contribution in [0.2, 0.25) is 0 Å². The summed E-state index contributed by atoms with van der Waals surface area (Å²) in [5.41, 5.74) is 0. The molecule has 0 aromatic carbocycles. The highest BCUT2D eigenvalue weighted by atomic mass is 16.5. The largest absolute Gasteiger partial charge is 0.469 e. The van der Waals surface area contributed by atoms with Gasteiger partial charge in [0.2, 0.25) is 5.91 Å². The summed E-state index contributed by atoms with van der Waals surface area (Å²) in [4.78, 5) is 27.3. The van der Waals surface area contributed by atoms with Crippen LogP contribution >= 0.6 is 0 Å². The van der Waals surface area contributed by atoms with E-state index < -0.39 is 0 Å². The molecule has 1 heterocycles. The van der Waals surface area contributed by atoms with E-state index in [0.717, 1.165) is 19.6 Å². The molecule has 0 bridgehead atoms. The van der Waals surface area contributed by atoms with Gasteiger partial charge in [0.25, 0.3) is 0 Å². The topological polar surface area (TPSA) is 49.9 Å². The Hall–Kier alpha value is -1.10. The van der Waals surface area contributed by atoms with E-state index in [0.29, 0.717) is 5.92 Å². The minimum atomic E-state index is -0.373. The lowest BCUT2D eigenvalue weighted by Crippen LogP contribution is -2.46. The molecule has 1 aliphatic heterocycles. The van der Waals surface area contributed by atoms with Gasteiger partial charge in [0.1, 0.15) is 0 Å². The molecule has 1 aliphatic rings. The van der Waals surface area contributed by atoms with Crippen molar-refractivity contribution in [3.8, 4) is 0 Å². The summed E-state index contributed by atoms with van der Waals surface area (Å²) in [7, 11) is 3.15. The van der Waals surface area contributed by atoms with Crippen molar-refractivity contribution in [2.45, 2.75) is 26.3 Å². The van der Waals surface area contributed by atoms with Gasteiger partial charge in [-0.05, 0) is 12.5 Å². The molecule has 17 heavy (non-hydrogen) atoms. The predicted octanol–water partition coefficient (Wildman–Crippen LogP) is 0.348. The maximum atomic E-state index is 12.2. The monoisotopic (exact) mass is 242 g/mol. The van der Waals surface area contributed by atoms with E-state index in [-0.39, 0.29) is 24.3 Å². The van der Waals surface area contributed by atoms with Gasteiger partial charge >= 0.3 is 5.97 Å². The third-order valence-electron chi connectivity index (χ3n) is 3.23. The zero-order valence-corrected chi connectivity index (χ0v) is 11.1. The van der Waals surface area contributed by atoms with Gasteiger partial charge in [-0.2, -0.15) is 0 Å². The van der Waals surface area contributed by atoms with Gasteiger partial charge in [0.05, 0.1) is 19.6 Å². The van der Waals surface area contributed by atoms with Crippen LogP contribution in [0.25, 0.3) is 0 Å². The minimum absolute atomic E-state index is 0.0154. The van der Waals surface area contributed by atoms with Gasteiger partial charge in [0.15, 0.2) is 0 Å². The van der Waals surface area contributed by atoms with Crippen molar-refractivity contribution >= 4 is 11.9 Å². The number of hydrogen-bond donors (Lipinski definition) is 0. The quantitative estimate of drug-likeness (QED) is 0.670. The summed E-state index contributed by atoms with van der Waals surface area (Å²) in [5.74, 6) is 0.109. The Morgan fingerprint density at radius 2 is 2.12 bits per heavy atom. The number of likely N-dealkylation sites (N-methyl/N-ethyl adjacent to an activating group) is 2. The fourth-order valence-corrected chi connectivity index (χ4v) is 2.36. The highest BCUT2D eigenvalue weighted by molar-refractivity contribution is 5.86. The first-order valence-electron chi connectivity index (χ1n) is 6.05. The van der Waals surface area contributed by atoms with Gasteiger partial charge in [-0.15, -0.1) is 0 Å². The van der Waals surface area contributed by atoms with Crippen LogP contribution in [-0.2, 0) is 14.3 Å². The second kappa shape index (κ2) is 6.00. The maximum absolute atomic E-state index is 12.2. The first kappa shape index (κ1) is 14.0. The smallest absolute Gasteiger partial charge is 0.307 e. The Balaban J connectivity index is 2.85. The van der Waals surface area contributed by atoms with Crippen LogP contribution in [0.3, 0.4) is 0 Å². The highest BCUT2D eigenvalue weighted by Gasteiger charge is 2.34. The van der Waals surface area contributed by atoms with Crippen molar-refractivity contribution in [3.63, 3.8) is 0 Å². The first-order valence-corrected chi connectivity index (χ1v) is 6.05. The third kappa shape index (κ3) is 3.43. The van der Waals surface area contributed by atoms with Crippen molar-refractivity contribution in [2.24, 2.45) is 5.92 Å². The van der Waals surface area contributed by atoms with Crippen molar-refractivity contribution in [3.05, 3.63) is 0 Å². The number of methoxy groups -OCH3 is 1. The number of rotatable bonds is 3. The number of amides is 1. The number of carbonyl (C=O) groups excluding carboxylic acids is 2. The maximum Gasteiger partial charge on any atom is 0.307 e. The number of nitrogens with zero attached hydrogens (tertiary/aromatic N) is 2. The lowest BCUT2D eigenvalue weighted by atomic mass is 10.1. The van der Waals surface area contributed by atoms with Crippen molar-refractivity contribution < 1.29 is 14.3 Å². The molecule has 1 saturated heterocycles. The molecule has 98 valence electrons. The van der Waals surface area contributed by atoms with E-state index in [1.165, 1.54) is 7.11 Å². The van der Waals surface area contributed by atoms with Crippen LogP contribution in [0.1, 0.15) is 20.3 Å². The molecule has 5 nitrogen and oxygen atoms in total. The summed E-state index contributed by atoms with van der Waals surface area (Å²) in [5, 5.41) is 0. The molecule has 0 N–H and O–H groups in total. The van der Waals surface area contributed by atoms with Gasteiger partial charge in [0, 0.05) is 20.1 Å². The molecule has 1 fully saturated rings. The molecule has 0 aromatic rings. The van der Waals surface area contributed by atoms with Gasteiger partial charge in [-0.1, -0.05) is 13.8 Å². The number of hydrogen-bond acceptors (Lipinski definition) is 4. The zero-order valence-electron chi connectivity index (χ0n) is 11.1. The highest BCUT2D eigenvalue weighted by Crippen LogP contribution is 2.17. The minimum Gasteiger partial charge on any atom is -0.469 e. The second-order valence-corrected chi connectivity index (χ2v) is 4.71. The first-order chi connectivity index (χ1) is 7.99. The average molecular weight is 242 g/mol. The molecular weight excluding hydrogens is 220 g/mol. The van der Waals surface area contributed by atoms with E-state index in [9.17, 15) is 9.59 Å². The van der Waals surface area contributed by atoms with Gasteiger partial charge < -0.3 is 9.64 Å². The fraction of sp³-hybridized carbons (Fsp3) is 0.833. The van der Waals surface area contributed by atoms with E-state index in [4.69, 9.17) is 0 Å². The summed E-state index contributed by atoms with van der Waals surface area (Å²) in [6.07, 6.45) is 0.139.